The lowest BCUT2D eigenvalue weighted by atomic mass is 9.45. The van der Waals surface area contributed by atoms with Gasteiger partial charge in [0, 0.05) is 38.0 Å². The van der Waals surface area contributed by atoms with Crippen LogP contribution in [-0.4, -0.2) is 46.9 Å². The van der Waals surface area contributed by atoms with Crippen molar-refractivity contribution >= 4 is 23.5 Å². The average Bonchev–Trinajstić information content (AvgIpc) is 2.96. The van der Waals surface area contributed by atoms with E-state index in [0.29, 0.717) is 25.7 Å². The molecule has 176 valence electrons. The van der Waals surface area contributed by atoms with Crippen molar-refractivity contribution in [2.24, 2.45) is 28.6 Å². The first kappa shape index (κ1) is 23.1. The van der Waals surface area contributed by atoms with Crippen molar-refractivity contribution in [3.63, 3.8) is 0 Å². The van der Waals surface area contributed by atoms with Gasteiger partial charge in [-0.1, -0.05) is 19.4 Å². The van der Waals surface area contributed by atoms with Crippen molar-refractivity contribution in [3.05, 3.63) is 11.6 Å². The van der Waals surface area contributed by atoms with Gasteiger partial charge in [-0.05, 0) is 55.4 Å². The van der Waals surface area contributed by atoms with E-state index >= 15 is 0 Å². The molecule has 0 heterocycles. The van der Waals surface area contributed by atoms with Gasteiger partial charge in [-0.2, -0.15) is 0 Å². The Morgan fingerprint density at radius 1 is 1.12 bits per heavy atom. The van der Waals surface area contributed by atoms with Crippen LogP contribution in [0.25, 0.3) is 0 Å². The van der Waals surface area contributed by atoms with Crippen LogP contribution in [0.15, 0.2) is 11.6 Å². The predicted molar refractivity (Wildman–Crippen MR) is 114 cm³/mol. The van der Waals surface area contributed by atoms with Gasteiger partial charge in [0.25, 0.3) is 0 Å². The third kappa shape index (κ3) is 3.35. The summed E-state index contributed by atoms with van der Waals surface area (Å²) in [6.45, 7) is 6.36. The zero-order valence-electron chi connectivity index (χ0n) is 19.4. The number of carbonyl (C=O) groups is 4. The molecule has 0 bridgehead atoms. The van der Waals surface area contributed by atoms with E-state index in [9.17, 15) is 24.3 Å². The molecular weight excluding hydrogens is 412 g/mol. The van der Waals surface area contributed by atoms with E-state index in [1.54, 1.807) is 6.08 Å². The molecule has 0 radical (unpaired) electrons. The summed E-state index contributed by atoms with van der Waals surface area (Å²) in [5, 5.41) is 11.9. The third-order valence-corrected chi connectivity index (χ3v) is 9.15. The van der Waals surface area contributed by atoms with E-state index in [1.165, 1.54) is 13.8 Å². The smallest absolute Gasteiger partial charge is 0.303 e. The van der Waals surface area contributed by atoms with E-state index in [0.717, 1.165) is 18.4 Å². The highest BCUT2D eigenvalue weighted by molar-refractivity contribution is 5.93. The maximum Gasteiger partial charge on any atom is 0.303 e. The summed E-state index contributed by atoms with van der Waals surface area (Å²) < 4.78 is 10.6. The Morgan fingerprint density at radius 3 is 2.50 bits per heavy atom. The van der Waals surface area contributed by atoms with Crippen molar-refractivity contribution in [1.82, 2.24) is 0 Å². The van der Waals surface area contributed by atoms with Gasteiger partial charge in [-0.3, -0.25) is 19.2 Å². The summed E-state index contributed by atoms with van der Waals surface area (Å²) in [5.41, 5.74) is -1.44. The van der Waals surface area contributed by atoms with E-state index < -0.39 is 29.1 Å². The molecule has 0 spiro atoms. The van der Waals surface area contributed by atoms with Gasteiger partial charge in [0.15, 0.2) is 11.9 Å². The lowest BCUT2D eigenvalue weighted by molar-refractivity contribution is -0.206. The summed E-state index contributed by atoms with van der Waals surface area (Å²) in [4.78, 5) is 48.9. The third-order valence-electron chi connectivity index (χ3n) is 9.15. The van der Waals surface area contributed by atoms with Gasteiger partial charge in [0.2, 0.25) is 0 Å². The number of Topliss-reactive ketones (excluding diaryl/α,β-unsaturated/α-hetero) is 1. The van der Waals surface area contributed by atoms with Gasteiger partial charge in [-0.25, -0.2) is 0 Å². The second-order valence-corrected chi connectivity index (χ2v) is 10.8. The summed E-state index contributed by atoms with van der Waals surface area (Å²) in [5.74, 6) is -0.777. The summed E-state index contributed by atoms with van der Waals surface area (Å²) >= 11 is 0. The number of hydrogen-bond donors (Lipinski definition) is 1. The first-order valence-electron chi connectivity index (χ1n) is 11.7. The largest absolute Gasteiger partial charge is 0.462 e. The minimum Gasteiger partial charge on any atom is -0.462 e. The molecule has 0 unspecified atom stereocenters. The molecule has 3 saturated carbocycles. The Labute approximate surface area is 188 Å². The van der Waals surface area contributed by atoms with Gasteiger partial charge >= 0.3 is 11.9 Å². The van der Waals surface area contributed by atoms with Crippen LogP contribution >= 0.6 is 0 Å². The van der Waals surface area contributed by atoms with Crippen LogP contribution in [0.2, 0.25) is 0 Å². The molecular formula is C25H34O7. The molecule has 7 heteroatoms. The van der Waals surface area contributed by atoms with E-state index in [2.05, 4.69) is 6.92 Å². The molecule has 0 aliphatic heterocycles. The highest BCUT2D eigenvalue weighted by atomic mass is 16.6. The summed E-state index contributed by atoms with van der Waals surface area (Å²) in [6.07, 6.45) is 4.79. The maximum absolute atomic E-state index is 13.7. The van der Waals surface area contributed by atoms with Crippen molar-refractivity contribution in [2.75, 3.05) is 6.61 Å². The highest BCUT2D eigenvalue weighted by Crippen LogP contribution is 2.67. The van der Waals surface area contributed by atoms with Crippen LogP contribution in [0.3, 0.4) is 0 Å². The van der Waals surface area contributed by atoms with Crippen molar-refractivity contribution in [1.29, 1.82) is 0 Å². The fraction of sp³-hybridized carbons (Fsp3) is 0.760. The second-order valence-electron chi connectivity index (χ2n) is 10.8. The van der Waals surface area contributed by atoms with Gasteiger partial charge in [0.05, 0.1) is 0 Å². The van der Waals surface area contributed by atoms with Crippen molar-refractivity contribution in [2.45, 2.75) is 84.3 Å². The lowest BCUT2D eigenvalue weighted by Gasteiger charge is -2.58. The molecule has 0 saturated heterocycles. The Hall–Kier alpha value is -2.02. The molecule has 0 amide bonds. The Kier molecular flexibility index (Phi) is 5.63. The first-order valence-corrected chi connectivity index (χ1v) is 11.7. The molecule has 32 heavy (non-hydrogen) atoms. The van der Waals surface area contributed by atoms with Crippen LogP contribution in [-0.2, 0) is 28.7 Å². The molecule has 4 aliphatic rings. The van der Waals surface area contributed by atoms with Crippen LogP contribution in [0, 0.1) is 28.6 Å². The van der Waals surface area contributed by atoms with Crippen molar-refractivity contribution < 1.29 is 33.8 Å². The van der Waals surface area contributed by atoms with Gasteiger partial charge < -0.3 is 14.6 Å². The predicted octanol–water partition coefficient (Wildman–Crippen LogP) is 2.92. The number of aliphatic hydroxyl groups is 1. The molecule has 1 N–H and O–H groups in total. The standard InChI is InChI=1S/C25H34O7/c1-14(26)31-13-21(32-15(2)27)25(30)10-8-19-18-6-5-16-11-17(28)7-9-23(16,3)22(18)20(29)12-24(19,25)4/h11,18-19,21-22,30H,5-10,12-13H2,1-4H3/t18-,19-,21-,22+,23+,24+,25-/m1/s1. The van der Waals surface area contributed by atoms with E-state index in [1.807, 2.05) is 6.92 Å². The molecule has 0 aromatic rings. The second kappa shape index (κ2) is 7.79. The summed E-state index contributed by atoms with van der Waals surface area (Å²) in [6, 6.07) is 0. The number of fused-ring (bicyclic) bond motifs is 5. The van der Waals surface area contributed by atoms with Crippen LogP contribution < -0.4 is 0 Å². The number of ether oxygens (including phenoxy) is 2. The van der Waals surface area contributed by atoms with Crippen molar-refractivity contribution in [3.8, 4) is 0 Å². The summed E-state index contributed by atoms with van der Waals surface area (Å²) in [7, 11) is 0. The minimum atomic E-state index is -1.46. The maximum atomic E-state index is 13.7. The fourth-order valence-electron chi connectivity index (χ4n) is 7.61. The van der Waals surface area contributed by atoms with Crippen LogP contribution in [0.5, 0.6) is 0 Å². The lowest BCUT2D eigenvalue weighted by Crippen LogP contribution is -2.62. The number of rotatable bonds is 4. The van der Waals surface area contributed by atoms with Crippen LogP contribution in [0.1, 0.15) is 72.6 Å². The molecule has 4 aliphatic carbocycles. The molecule has 3 fully saturated rings. The zero-order valence-corrected chi connectivity index (χ0v) is 19.4. The monoisotopic (exact) mass is 446 g/mol. The number of ketones is 2. The fourth-order valence-corrected chi connectivity index (χ4v) is 7.61. The Bertz CT molecular complexity index is 891. The molecule has 7 atom stereocenters. The highest BCUT2D eigenvalue weighted by Gasteiger charge is 2.69. The number of hydrogen-bond acceptors (Lipinski definition) is 7. The topological polar surface area (TPSA) is 107 Å². The minimum absolute atomic E-state index is 0.0848. The van der Waals surface area contributed by atoms with Gasteiger partial charge in [-0.15, -0.1) is 0 Å². The number of esters is 2. The normalized spacial score (nSPS) is 41.7. The zero-order chi connectivity index (χ0) is 23.5. The average molecular weight is 447 g/mol. The Balaban J connectivity index is 1.68. The van der Waals surface area contributed by atoms with E-state index in [-0.39, 0.29) is 47.8 Å². The SMILES string of the molecule is CC(=O)OC[C@@H](OC(C)=O)[C@]1(O)CC[C@@H]2[C@H]3CCC4=CC(=O)CC[C@]4(C)[C@@H]3C(=O)C[C@@]21C. The Morgan fingerprint density at radius 2 is 1.84 bits per heavy atom. The molecule has 0 aromatic carbocycles. The molecule has 7 nitrogen and oxygen atoms in total. The quantitative estimate of drug-likeness (QED) is 0.662. The van der Waals surface area contributed by atoms with Gasteiger partial charge in [0.1, 0.15) is 18.0 Å². The molecule has 4 rings (SSSR count). The first-order chi connectivity index (χ1) is 14.9. The molecule has 0 aromatic heterocycles. The van der Waals surface area contributed by atoms with E-state index in [4.69, 9.17) is 9.47 Å². The number of allylic oxidation sites excluding steroid dienone is 1. The number of carbonyl (C=O) groups excluding carboxylic acids is 4. The van der Waals surface area contributed by atoms with Crippen LogP contribution in [0.4, 0.5) is 0 Å².